The van der Waals surface area contributed by atoms with Crippen molar-refractivity contribution in [3.63, 3.8) is 0 Å². The predicted octanol–water partition coefficient (Wildman–Crippen LogP) is 9.63. The number of aliphatic imine (C=N–C) groups is 1. The second kappa shape index (κ2) is 23.6. The van der Waals surface area contributed by atoms with Gasteiger partial charge in [0.15, 0.2) is 11.9 Å². The van der Waals surface area contributed by atoms with Gasteiger partial charge in [-0.15, -0.1) is 18.9 Å². The monoisotopic (exact) mass is 575 g/mol. The number of rotatable bonds is 11. The van der Waals surface area contributed by atoms with E-state index in [1.54, 1.807) is 13.0 Å². The minimum atomic E-state index is -0.794. The summed E-state index contributed by atoms with van der Waals surface area (Å²) in [5.41, 5.74) is 6.81. The molecule has 0 saturated carbocycles. The third-order valence-electron chi connectivity index (χ3n) is 5.78. The molecule has 0 saturated heterocycles. The van der Waals surface area contributed by atoms with Gasteiger partial charge in [-0.1, -0.05) is 61.9 Å². The lowest BCUT2D eigenvalue weighted by atomic mass is 10.0. The van der Waals surface area contributed by atoms with Crippen LogP contribution in [0.5, 0.6) is 5.75 Å². The largest absolute Gasteiger partial charge is 0.492 e. The Kier molecular flexibility index (Phi) is 22.6. The van der Waals surface area contributed by atoms with Crippen LogP contribution in [0.2, 0.25) is 0 Å². The van der Waals surface area contributed by atoms with E-state index in [2.05, 4.69) is 81.7 Å². The van der Waals surface area contributed by atoms with Crippen LogP contribution in [0.3, 0.4) is 0 Å². The van der Waals surface area contributed by atoms with E-state index < -0.39 is 5.97 Å². The summed E-state index contributed by atoms with van der Waals surface area (Å²) < 4.78 is 11.8. The van der Waals surface area contributed by atoms with Gasteiger partial charge in [0.25, 0.3) is 0 Å². The number of allylic oxidation sites excluding steroid dienone is 4. The average Bonchev–Trinajstić information content (AvgIpc) is 2.93. The predicted molar refractivity (Wildman–Crippen MR) is 181 cm³/mol. The number of hydrogen-bond donors (Lipinski definition) is 1. The summed E-state index contributed by atoms with van der Waals surface area (Å²) in [6, 6.07) is 14.3. The molecule has 0 aromatic heterocycles. The lowest BCUT2D eigenvalue weighted by molar-refractivity contribution is -0.136. The molecule has 2 aromatic rings. The number of carboxylic acids is 1. The van der Waals surface area contributed by atoms with E-state index in [4.69, 9.17) is 14.6 Å². The molecule has 0 aliphatic heterocycles. The molecule has 1 atom stereocenters. The molecule has 5 nitrogen and oxygen atoms in total. The topological polar surface area (TPSA) is 68.1 Å². The van der Waals surface area contributed by atoms with Gasteiger partial charge in [-0.25, -0.2) is 0 Å². The van der Waals surface area contributed by atoms with Crippen molar-refractivity contribution in [3.8, 4) is 18.1 Å². The maximum absolute atomic E-state index is 10.7. The Balaban J connectivity index is 0. The Bertz CT molecular complexity index is 1200. The van der Waals surface area contributed by atoms with Crippen molar-refractivity contribution in [1.29, 1.82) is 0 Å². The number of ether oxygens (including phenoxy) is 2. The van der Waals surface area contributed by atoms with Crippen LogP contribution in [-0.4, -0.2) is 30.5 Å². The number of aliphatic carboxylic acids is 1. The molecule has 2 aromatic carbocycles. The van der Waals surface area contributed by atoms with Crippen LogP contribution in [0.1, 0.15) is 84.1 Å². The normalized spacial score (nSPS) is 11.4. The summed E-state index contributed by atoms with van der Waals surface area (Å²) >= 11 is 0. The van der Waals surface area contributed by atoms with Crippen LogP contribution in [-0.2, 0) is 16.0 Å². The number of aryl methyl sites for hydroxylation is 3. The fourth-order valence-corrected chi connectivity index (χ4v) is 3.68. The maximum Gasteiger partial charge on any atom is 0.303 e. The van der Waals surface area contributed by atoms with E-state index in [-0.39, 0.29) is 18.4 Å². The molecule has 0 aliphatic rings. The Labute approximate surface area is 256 Å². The molecule has 0 fully saturated rings. The molecule has 0 bridgehead atoms. The first-order chi connectivity index (χ1) is 19.9. The van der Waals surface area contributed by atoms with Crippen molar-refractivity contribution in [3.05, 3.63) is 94.9 Å². The van der Waals surface area contributed by atoms with Crippen LogP contribution in [0, 0.1) is 32.1 Å². The van der Waals surface area contributed by atoms with Gasteiger partial charge < -0.3 is 14.6 Å². The van der Waals surface area contributed by atoms with Crippen LogP contribution >= 0.6 is 0 Å². The zero-order chi connectivity index (χ0) is 32.7. The second-order valence-corrected chi connectivity index (χ2v) is 9.78. The van der Waals surface area contributed by atoms with Crippen molar-refractivity contribution >= 4 is 18.3 Å². The van der Waals surface area contributed by atoms with Crippen molar-refractivity contribution in [1.82, 2.24) is 0 Å². The first kappa shape index (κ1) is 40.1. The standard InChI is InChI=1S/C20H29NO4.C11H14.C3H6.C3H4/c1-7-24-20(19(21-6)13(2)3)15(5)25-17-10-8-16(14(4)12-17)9-11-18(22)23;1-4-10(3)11-7-5-6-9(2)8-11;2*1-3-2/h8,10,12-13,15H,6-7,9,11H2,1-5H3,(H,22,23);4-8H,1-3H3;3H,1H2,2H3;1H,2H3/b20-19-;10-4+;;. The lowest BCUT2D eigenvalue weighted by Gasteiger charge is -2.22. The molecule has 0 aliphatic carbocycles. The third kappa shape index (κ3) is 16.9. The summed E-state index contributed by atoms with van der Waals surface area (Å²) in [6.45, 7) is 27.3. The van der Waals surface area contributed by atoms with Crippen molar-refractivity contribution in [2.24, 2.45) is 10.9 Å². The van der Waals surface area contributed by atoms with Gasteiger partial charge in [0.05, 0.1) is 12.3 Å². The lowest BCUT2D eigenvalue weighted by Crippen LogP contribution is -2.20. The van der Waals surface area contributed by atoms with E-state index in [9.17, 15) is 4.79 Å². The summed E-state index contributed by atoms with van der Waals surface area (Å²) in [6.07, 6.45) is 8.82. The fourth-order valence-electron chi connectivity index (χ4n) is 3.68. The van der Waals surface area contributed by atoms with Gasteiger partial charge in [0.1, 0.15) is 5.75 Å². The van der Waals surface area contributed by atoms with E-state index in [0.29, 0.717) is 24.5 Å². The van der Waals surface area contributed by atoms with E-state index >= 15 is 0 Å². The van der Waals surface area contributed by atoms with Crippen molar-refractivity contribution in [2.75, 3.05) is 6.61 Å². The Morgan fingerprint density at radius 3 is 2.17 bits per heavy atom. The van der Waals surface area contributed by atoms with Gasteiger partial charge in [0.2, 0.25) is 0 Å². The highest BCUT2D eigenvalue weighted by molar-refractivity contribution is 5.67. The van der Waals surface area contributed by atoms with Crippen LogP contribution < -0.4 is 4.74 Å². The summed E-state index contributed by atoms with van der Waals surface area (Å²) in [5.74, 6) is 3.05. The average molecular weight is 576 g/mol. The molecular weight excluding hydrogens is 522 g/mol. The molecular formula is C37H53NO4. The third-order valence-corrected chi connectivity index (χ3v) is 5.78. The van der Waals surface area contributed by atoms with Gasteiger partial charge in [0, 0.05) is 6.42 Å². The summed E-state index contributed by atoms with van der Waals surface area (Å²) in [5, 5.41) is 8.81. The molecule has 42 heavy (non-hydrogen) atoms. The number of benzene rings is 2. The molecule has 1 unspecified atom stereocenters. The quantitative estimate of drug-likeness (QED) is 0.125. The fraction of sp³-hybridized carbons (Fsp3) is 0.405. The number of nitrogens with zero attached hydrogens (tertiary/aromatic N) is 1. The minimum absolute atomic E-state index is 0.122. The molecule has 5 heteroatoms. The van der Waals surface area contributed by atoms with Crippen LogP contribution in [0.15, 0.2) is 77.6 Å². The highest BCUT2D eigenvalue weighted by atomic mass is 16.5. The van der Waals surface area contributed by atoms with Crippen molar-refractivity contribution in [2.45, 2.75) is 88.2 Å². The molecule has 0 amide bonds. The highest BCUT2D eigenvalue weighted by Gasteiger charge is 2.19. The van der Waals surface area contributed by atoms with Gasteiger partial charge in [-0.2, -0.15) is 0 Å². The summed E-state index contributed by atoms with van der Waals surface area (Å²) in [7, 11) is 0. The van der Waals surface area contributed by atoms with Crippen LogP contribution in [0.25, 0.3) is 5.57 Å². The Morgan fingerprint density at radius 2 is 1.74 bits per heavy atom. The smallest absolute Gasteiger partial charge is 0.303 e. The zero-order valence-electron chi connectivity index (χ0n) is 27.6. The first-order valence-corrected chi connectivity index (χ1v) is 14.3. The highest BCUT2D eigenvalue weighted by Crippen LogP contribution is 2.25. The Morgan fingerprint density at radius 1 is 1.14 bits per heavy atom. The molecule has 230 valence electrons. The molecule has 2 rings (SSSR count). The van der Waals surface area contributed by atoms with E-state index in [1.165, 1.54) is 16.7 Å². The second-order valence-electron chi connectivity index (χ2n) is 9.78. The first-order valence-electron chi connectivity index (χ1n) is 14.3. The number of carbonyl (C=O) groups is 1. The van der Waals surface area contributed by atoms with Crippen molar-refractivity contribution < 1.29 is 19.4 Å². The number of carboxylic acid groups (broad SMARTS) is 1. The van der Waals surface area contributed by atoms with Gasteiger partial charge in [-0.05, 0) is 109 Å². The number of hydrogen-bond acceptors (Lipinski definition) is 4. The Hall–Kier alpha value is -4.04. The molecule has 0 spiro atoms. The molecule has 1 N–H and O–H groups in total. The summed E-state index contributed by atoms with van der Waals surface area (Å²) in [4.78, 5) is 14.8. The van der Waals surface area contributed by atoms with E-state index in [1.807, 2.05) is 59.7 Å². The van der Waals surface area contributed by atoms with Gasteiger partial charge in [-0.3, -0.25) is 9.79 Å². The zero-order valence-corrected chi connectivity index (χ0v) is 27.6. The maximum atomic E-state index is 10.7. The van der Waals surface area contributed by atoms with Crippen LogP contribution in [0.4, 0.5) is 0 Å². The minimum Gasteiger partial charge on any atom is -0.492 e. The molecule has 0 radical (unpaired) electrons. The SMILES string of the molecule is C#CC.C/C=C(\C)c1cccc(C)c1.C=CC.C=N/C(=C(\OCC)C(C)Oc1ccc(CCC(=O)O)c(C)c1)C(C)C. The number of terminal acetylenes is 1. The van der Waals surface area contributed by atoms with E-state index in [0.717, 1.165) is 16.8 Å². The molecule has 0 heterocycles. The van der Waals surface area contributed by atoms with Gasteiger partial charge >= 0.3 is 5.97 Å².